The normalized spacial score (nSPS) is 20.7. The van der Waals surface area contributed by atoms with Crippen molar-refractivity contribution >= 4 is 29.0 Å². The van der Waals surface area contributed by atoms with Gasteiger partial charge in [0, 0.05) is 56.0 Å². The molecule has 5 rings (SSSR count). The number of aromatic nitrogens is 3. The molecule has 3 aromatic rings. The average Bonchev–Trinajstić information content (AvgIpc) is 3.44. The molecule has 0 aliphatic carbocycles. The van der Waals surface area contributed by atoms with E-state index < -0.39 is 0 Å². The van der Waals surface area contributed by atoms with Gasteiger partial charge in [0.15, 0.2) is 0 Å². The van der Waals surface area contributed by atoms with Crippen molar-refractivity contribution in [3.63, 3.8) is 0 Å². The number of pyridine rings is 1. The fraction of sp³-hybridized carbons (Fsp3) is 0.519. The van der Waals surface area contributed by atoms with E-state index in [1.165, 1.54) is 0 Å². The van der Waals surface area contributed by atoms with E-state index in [4.69, 9.17) is 32.7 Å². The second kappa shape index (κ2) is 12.3. The van der Waals surface area contributed by atoms with Crippen LogP contribution in [-0.2, 0) is 6.61 Å². The van der Waals surface area contributed by atoms with Gasteiger partial charge in [0.1, 0.15) is 12.4 Å². The van der Waals surface area contributed by atoms with Gasteiger partial charge in [-0.2, -0.15) is 0 Å². The molecule has 2 aliphatic rings. The van der Waals surface area contributed by atoms with E-state index in [0.717, 1.165) is 63.4 Å². The molecule has 2 N–H and O–H groups in total. The van der Waals surface area contributed by atoms with Gasteiger partial charge in [-0.05, 0) is 43.0 Å². The SMILES string of the molecule is CC[C@H]1CN(c2ncc(-c3nnc(CO)o3)cc2Cl)CCN1C1CCN(C(CO)c2ccc(Cl)cc2)CC1. The van der Waals surface area contributed by atoms with Crippen LogP contribution in [0.25, 0.3) is 11.5 Å². The highest BCUT2D eigenvalue weighted by atomic mass is 35.5. The number of piperidine rings is 1. The first-order valence-corrected chi connectivity index (χ1v) is 14.0. The lowest BCUT2D eigenvalue weighted by Gasteiger charge is -2.48. The molecule has 0 spiro atoms. The Bertz CT molecular complexity index is 1200. The van der Waals surface area contributed by atoms with Crippen molar-refractivity contribution in [2.75, 3.05) is 44.2 Å². The van der Waals surface area contributed by atoms with Crippen LogP contribution in [0.2, 0.25) is 10.0 Å². The number of benzene rings is 1. The second-order valence-electron chi connectivity index (χ2n) is 9.95. The third kappa shape index (κ3) is 5.83. The standard InChI is InChI=1S/C27H34Cl2N6O3/c1-2-21-15-34(26-23(29)13-19(14-30-26)27-32-31-25(17-37)38-27)11-12-35(21)22-7-9-33(10-8-22)24(16-36)18-3-5-20(28)6-4-18/h3-6,13-14,21-22,24,36-37H,2,7-12,15-17H2,1H3/t21-,24?/m0/s1. The first kappa shape index (κ1) is 27.3. The fourth-order valence-corrected chi connectivity index (χ4v) is 6.18. The van der Waals surface area contributed by atoms with E-state index in [1.807, 2.05) is 24.3 Å². The monoisotopic (exact) mass is 560 g/mol. The molecule has 0 radical (unpaired) electrons. The molecule has 1 aromatic carbocycles. The Kier molecular flexibility index (Phi) is 8.82. The number of piperazine rings is 1. The number of hydrogen-bond acceptors (Lipinski definition) is 9. The molecule has 2 saturated heterocycles. The van der Waals surface area contributed by atoms with E-state index >= 15 is 0 Å². The van der Waals surface area contributed by atoms with Crippen molar-refractivity contribution in [1.82, 2.24) is 25.0 Å². The van der Waals surface area contributed by atoms with E-state index in [9.17, 15) is 5.11 Å². The van der Waals surface area contributed by atoms with Crippen LogP contribution in [0, 0.1) is 0 Å². The number of anilines is 1. The molecule has 9 nitrogen and oxygen atoms in total. The van der Waals surface area contributed by atoms with Crippen molar-refractivity contribution in [1.29, 1.82) is 0 Å². The number of hydrogen-bond donors (Lipinski definition) is 2. The van der Waals surface area contributed by atoms with Gasteiger partial charge in [0.05, 0.1) is 23.2 Å². The number of likely N-dealkylation sites (tertiary alicyclic amines) is 1. The molecule has 38 heavy (non-hydrogen) atoms. The molecule has 0 bridgehead atoms. The zero-order valence-electron chi connectivity index (χ0n) is 21.5. The molecule has 0 amide bonds. The molecule has 2 fully saturated rings. The molecule has 4 heterocycles. The molecule has 2 aliphatic heterocycles. The van der Waals surface area contributed by atoms with Gasteiger partial charge >= 0.3 is 0 Å². The Hall–Kier alpha value is -2.27. The van der Waals surface area contributed by atoms with Gasteiger partial charge in [-0.15, -0.1) is 10.2 Å². The predicted molar refractivity (Wildman–Crippen MR) is 147 cm³/mol. The first-order valence-electron chi connectivity index (χ1n) is 13.2. The van der Waals surface area contributed by atoms with Crippen LogP contribution in [0.5, 0.6) is 0 Å². The summed E-state index contributed by atoms with van der Waals surface area (Å²) < 4.78 is 5.42. The Balaban J connectivity index is 1.20. The van der Waals surface area contributed by atoms with Crippen molar-refractivity contribution in [3.05, 3.63) is 58.0 Å². The molecule has 2 atom stereocenters. The Morgan fingerprint density at radius 3 is 2.45 bits per heavy atom. The summed E-state index contributed by atoms with van der Waals surface area (Å²) in [5.41, 5.74) is 1.74. The number of aliphatic hydroxyl groups excluding tert-OH is 2. The predicted octanol–water partition coefficient (Wildman–Crippen LogP) is 4.03. The summed E-state index contributed by atoms with van der Waals surface area (Å²) in [7, 11) is 0. The van der Waals surface area contributed by atoms with Gasteiger partial charge in [-0.1, -0.05) is 42.3 Å². The third-order valence-corrected chi connectivity index (χ3v) is 8.34. The summed E-state index contributed by atoms with van der Waals surface area (Å²) in [6.07, 6.45) is 4.89. The third-order valence-electron chi connectivity index (χ3n) is 7.81. The minimum Gasteiger partial charge on any atom is -0.418 e. The molecule has 2 aromatic heterocycles. The van der Waals surface area contributed by atoms with Crippen LogP contribution in [0.3, 0.4) is 0 Å². The maximum atomic E-state index is 10.1. The van der Waals surface area contributed by atoms with Gasteiger partial charge in [-0.3, -0.25) is 9.80 Å². The number of nitrogens with zero attached hydrogens (tertiary/aromatic N) is 6. The van der Waals surface area contributed by atoms with Crippen molar-refractivity contribution in [2.45, 2.75) is 50.9 Å². The van der Waals surface area contributed by atoms with Crippen molar-refractivity contribution < 1.29 is 14.6 Å². The number of halogens is 2. The minimum absolute atomic E-state index is 0.00519. The summed E-state index contributed by atoms with van der Waals surface area (Å²) >= 11 is 12.7. The fourth-order valence-electron chi connectivity index (χ4n) is 5.77. The molecule has 1 unspecified atom stereocenters. The lowest BCUT2D eigenvalue weighted by molar-refractivity contribution is 0.0356. The Morgan fingerprint density at radius 1 is 1.05 bits per heavy atom. The first-order chi connectivity index (χ1) is 18.5. The van der Waals surface area contributed by atoms with E-state index in [2.05, 4.69) is 36.8 Å². The molecule has 11 heteroatoms. The average molecular weight is 562 g/mol. The Morgan fingerprint density at radius 2 is 1.82 bits per heavy atom. The maximum absolute atomic E-state index is 10.1. The van der Waals surface area contributed by atoms with Crippen LogP contribution < -0.4 is 4.90 Å². The topological polar surface area (TPSA) is 102 Å². The number of rotatable bonds is 8. The molecular formula is C27H34Cl2N6O3. The highest BCUT2D eigenvalue weighted by Gasteiger charge is 2.35. The summed E-state index contributed by atoms with van der Waals surface area (Å²) in [6.45, 7) is 6.61. The summed E-state index contributed by atoms with van der Waals surface area (Å²) in [5.74, 6) is 1.21. The minimum atomic E-state index is -0.307. The van der Waals surface area contributed by atoms with E-state index in [0.29, 0.717) is 27.7 Å². The summed E-state index contributed by atoms with van der Waals surface area (Å²) in [4.78, 5) is 12.0. The van der Waals surface area contributed by atoms with Gasteiger partial charge < -0.3 is 19.5 Å². The largest absolute Gasteiger partial charge is 0.418 e. The van der Waals surface area contributed by atoms with Crippen molar-refractivity contribution in [2.24, 2.45) is 0 Å². The lowest BCUT2D eigenvalue weighted by Crippen LogP contribution is -2.58. The smallest absolute Gasteiger partial charge is 0.249 e. The summed E-state index contributed by atoms with van der Waals surface area (Å²) in [5, 5.41) is 28.3. The highest BCUT2D eigenvalue weighted by molar-refractivity contribution is 6.33. The highest BCUT2D eigenvalue weighted by Crippen LogP contribution is 2.33. The molecular weight excluding hydrogens is 527 g/mol. The second-order valence-corrected chi connectivity index (χ2v) is 10.8. The zero-order chi connectivity index (χ0) is 26.6. The maximum Gasteiger partial charge on any atom is 0.249 e. The zero-order valence-corrected chi connectivity index (χ0v) is 23.0. The number of aliphatic hydroxyl groups is 2. The van der Waals surface area contributed by atoms with Gasteiger partial charge in [0.25, 0.3) is 0 Å². The van der Waals surface area contributed by atoms with Crippen LogP contribution >= 0.6 is 23.2 Å². The Labute approximate surface area is 233 Å². The quantitative estimate of drug-likeness (QED) is 0.422. The van der Waals surface area contributed by atoms with Crippen LogP contribution in [-0.4, -0.2) is 86.6 Å². The van der Waals surface area contributed by atoms with Crippen LogP contribution in [0.4, 0.5) is 5.82 Å². The van der Waals surface area contributed by atoms with E-state index in [-0.39, 0.29) is 31.0 Å². The van der Waals surface area contributed by atoms with Crippen LogP contribution in [0.1, 0.15) is 43.7 Å². The van der Waals surface area contributed by atoms with Crippen molar-refractivity contribution in [3.8, 4) is 11.5 Å². The molecule has 204 valence electrons. The van der Waals surface area contributed by atoms with Gasteiger partial charge in [-0.25, -0.2) is 4.98 Å². The lowest BCUT2D eigenvalue weighted by atomic mass is 9.96. The van der Waals surface area contributed by atoms with Crippen LogP contribution in [0.15, 0.2) is 40.9 Å². The molecule has 0 saturated carbocycles. The van der Waals surface area contributed by atoms with E-state index in [1.54, 1.807) is 12.3 Å². The summed E-state index contributed by atoms with van der Waals surface area (Å²) in [6, 6.07) is 10.5. The van der Waals surface area contributed by atoms with Gasteiger partial charge in [0.2, 0.25) is 11.8 Å².